The maximum atomic E-state index is 12.5. The zero-order chi connectivity index (χ0) is 20.1. The highest BCUT2D eigenvalue weighted by molar-refractivity contribution is 7.91. The number of ether oxygens (including phenoxy) is 3. The summed E-state index contributed by atoms with van der Waals surface area (Å²) < 4.78 is 40.9. The number of sulfone groups is 1. The maximum absolute atomic E-state index is 12.5. The van der Waals surface area contributed by atoms with Crippen molar-refractivity contribution >= 4 is 21.9 Å². The van der Waals surface area contributed by atoms with Crippen LogP contribution in [0.2, 0.25) is 0 Å². The molecule has 1 heterocycles. The van der Waals surface area contributed by atoms with Gasteiger partial charge in [-0.15, -0.1) is 0 Å². The third-order valence-corrected chi connectivity index (χ3v) is 6.16. The van der Waals surface area contributed by atoms with Crippen LogP contribution in [0, 0.1) is 0 Å². The molecule has 0 fully saturated rings. The molecule has 7 heteroatoms. The molecule has 0 aromatic heterocycles. The molecular formula is C21H22O6S. The average Bonchev–Trinajstić information content (AvgIpc) is 2.83. The van der Waals surface area contributed by atoms with Crippen molar-refractivity contribution in [3.63, 3.8) is 0 Å². The van der Waals surface area contributed by atoms with E-state index in [1.165, 1.54) is 13.2 Å². The minimum atomic E-state index is -3.48. The normalized spacial score (nSPS) is 15.0. The summed E-state index contributed by atoms with van der Waals surface area (Å²) in [5, 5.41) is 0. The highest BCUT2D eigenvalue weighted by Gasteiger charge is 2.25. The zero-order valence-electron chi connectivity index (χ0n) is 15.8. The van der Waals surface area contributed by atoms with Crippen molar-refractivity contribution in [1.82, 2.24) is 0 Å². The van der Waals surface area contributed by atoms with Crippen molar-refractivity contribution < 1.29 is 27.4 Å². The summed E-state index contributed by atoms with van der Waals surface area (Å²) in [5.74, 6) is 0.656. The van der Waals surface area contributed by atoms with E-state index in [4.69, 9.17) is 14.2 Å². The molecule has 28 heavy (non-hydrogen) atoms. The molecule has 0 amide bonds. The highest BCUT2D eigenvalue weighted by Crippen LogP contribution is 2.30. The maximum Gasteiger partial charge on any atom is 0.333 e. The summed E-state index contributed by atoms with van der Waals surface area (Å²) >= 11 is 0. The van der Waals surface area contributed by atoms with Gasteiger partial charge >= 0.3 is 5.97 Å². The van der Waals surface area contributed by atoms with Crippen LogP contribution < -0.4 is 9.47 Å². The summed E-state index contributed by atoms with van der Waals surface area (Å²) in [6.45, 7) is 2.86. The van der Waals surface area contributed by atoms with Gasteiger partial charge in [0, 0.05) is 5.57 Å². The van der Waals surface area contributed by atoms with Crippen LogP contribution in [0.15, 0.2) is 52.9 Å². The number of fused-ring (bicyclic) bond motifs is 1. The highest BCUT2D eigenvalue weighted by atomic mass is 32.2. The SMILES string of the molecule is CCOc1ccc(COc2ccc3c(c2)C=C(C(=O)OC)CCS3(=O)=O)cc1. The van der Waals surface area contributed by atoms with Crippen molar-refractivity contribution in [3.8, 4) is 11.5 Å². The van der Waals surface area contributed by atoms with Gasteiger partial charge < -0.3 is 14.2 Å². The van der Waals surface area contributed by atoms with Crippen molar-refractivity contribution in [2.75, 3.05) is 19.5 Å². The zero-order valence-corrected chi connectivity index (χ0v) is 16.6. The van der Waals surface area contributed by atoms with Crippen LogP contribution in [0.25, 0.3) is 6.08 Å². The monoisotopic (exact) mass is 402 g/mol. The van der Waals surface area contributed by atoms with Crippen molar-refractivity contribution in [2.24, 2.45) is 0 Å². The Morgan fingerprint density at radius 3 is 2.43 bits per heavy atom. The van der Waals surface area contributed by atoms with E-state index in [1.54, 1.807) is 18.2 Å². The van der Waals surface area contributed by atoms with E-state index in [0.29, 0.717) is 30.1 Å². The first-order valence-corrected chi connectivity index (χ1v) is 10.6. The standard InChI is InChI=1S/C21H22O6S/c1-3-26-18-6-4-15(5-7-18)14-27-19-8-9-20-17(13-19)12-16(21(22)25-2)10-11-28(20,23)24/h4-9,12-13H,3,10-11,14H2,1-2H3. The van der Waals surface area contributed by atoms with Crippen molar-refractivity contribution in [2.45, 2.75) is 24.8 Å². The van der Waals surface area contributed by atoms with E-state index in [9.17, 15) is 13.2 Å². The Morgan fingerprint density at radius 2 is 1.75 bits per heavy atom. The molecule has 0 atom stereocenters. The first-order valence-electron chi connectivity index (χ1n) is 8.93. The molecule has 2 aromatic rings. The Bertz CT molecular complexity index is 990. The second-order valence-corrected chi connectivity index (χ2v) is 8.37. The van der Waals surface area contributed by atoms with Gasteiger partial charge in [-0.2, -0.15) is 0 Å². The number of rotatable bonds is 6. The van der Waals surface area contributed by atoms with Gasteiger partial charge in [0.05, 0.1) is 24.4 Å². The lowest BCUT2D eigenvalue weighted by molar-refractivity contribution is -0.136. The molecule has 0 saturated carbocycles. The van der Waals surface area contributed by atoms with Crippen LogP contribution in [0.1, 0.15) is 24.5 Å². The number of carbonyl (C=O) groups is 1. The Balaban J connectivity index is 1.82. The Labute approximate surface area is 164 Å². The van der Waals surface area contributed by atoms with Gasteiger partial charge in [0.2, 0.25) is 0 Å². The lowest BCUT2D eigenvalue weighted by Crippen LogP contribution is -2.10. The van der Waals surface area contributed by atoms with E-state index in [2.05, 4.69) is 0 Å². The molecule has 0 radical (unpaired) electrons. The van der Waals surface area contributed by atoms with E-state index in [-0.39, 0.29) is 17.1 Å². The Hall–Kier alpha value is -2.80. The summed E-state index contributed by atoms with van der Waals surface area (Å²) in [5.41, 5.74) is 1.72. The Morgan fingerprint density at radius 1 is 1.04 bits per heavy atom. The van der Waals surface area contributed by atoms with Crippen LogP contribution in [-0.4, -0.2) is 33.9 Å². The Kier molecular flexibility index (Phi) is 6.04. The molecule has 3 rings (SSSR count). The molecule has 2 aromatic carbocycles. The van der Waals surface area contributed by atoms with Gasteiger partial charge in [0.15, 0.2) is 9.84 Å². The van der Waals surface area contributed by atoms with Gasteiger partial charge in [-0.05, 0) is 60.9 Å². The fourth-order valence-electron chi connectivity index (χ4n) is 2.93. The molecular weight excluding hydrogens is 380 g/mol. The molecule has 0 N–H and O–H groups in total. The predicted molar refractivity (Wildman–Crippen MR) is 105 cm³/mol. The number of methoxy groups -OCH3 is 1. The minimum Gasteiger partial charge on any atom is -0.494 e. The molecule has 1 aliphatic heterocycles. The molecule has 0 saturated heterocycles. The number of esters is 1. The summed E-state index contributed by atoms with van der Waals surface area (Å²) in [7, 11) is -2.20. The largest absolute Gasteiger partial charge is 0.494 e. The van der Waals surface area contributed by atoms with Crippen LogP contribution in [0.3, 0.4) is 0 Å². The first-order chi connectivity index (χ1) is 13.4. The number of hydrogen-bond acceptors (Lipinski definition) is 6. The van der Waals surface area contributed by atoms with E-state index in [1.807, 2.05) is 31.2 Å². The van der Waals surface area contributed by atoms with Crippen molar-refractivity contribution in [1.29, 1.82) is 0 Å². The molecule has 0 bridgehead atoms. The molecule has 0 spiro atoms. The van der Waals surface area contributed by atoms with Crippen molar-refractivity contribution in [3.05, 3.63) is 59.2 Å². The fraction of sp³-hybridized carbons (Fsp3) is 0.286. The van der Waals surface area contributed by atoms with E-state index >= 15 is 0 Å². The average molecular weight is 402 g/mol. The summed E-state index contributed by atoms with van der Waals surface area (Å²) in [6, 6.07) is 12.4. The summed E-state index contributed by atoms with van der Waals surface area (Å²) in [4.78, 5) is 12.1. The lowest BCUT2D eigenvalue weighted by atomic mass is 10.1. The van der Waals surface area contributed by atoms with Crippen LogP contribution >= 0.6 is 0 Å². The van der Waals surface area contributed by atoms with Crippen LogP contribution in [0.4, 0.5) is 0 Å². The molecule has 6 nitrogen and oxygen atoms in total. The second kappa shape index (κ2) is 8.48. The van der Waals surface area contributed by atoms with E-state index in [0.717, 1.165) is 11.3 Å². The van der Waals surface area contributed by atoms with Gasteiger partial charge in [0.25, 0.3) is 0 Å². The van der Waals surface area contributed by atoms with Crippen LogP contribution in [-0.2, 0) is 26.0 Å². The lowest BCUT2D eigenvalue weighted by Gasteiger charge is -2.10. The second-order valence-electron chi connectivity index (χ2n) is 6.30. The first kappa shape index (κ1) is 19.9. The number of hydrogen-bond donors (Lipinski definition) is 0. The van der Waals surface area contributed by atoms with Crippen LogP contribution in [0.5, 0.6) is 11.5 Å². The topological polar surface area (TPSA) is 78.9 Å². The van der Waals surface area contributed by atoms with Gasteiger partial charge in [-0.3, -0.25) is 0 Å². The number of benzene rings is 2. The quantitative estimate of drug-likeness (QED) is 0.689. The molecule has 0 unspecified atom stereocenters. The number of carbonyl (C=O) groups excluding carboxylic acids is 1. The third-order valence-electron chi connectivity index (χ3n) is 4.37. The third kappa shape index (κ3) is 4.54. The van der Waals surface area contributed by atoms with Gasteiger partial charge in [-0.25, -0.2) is 13.2 Å². The summed E-state index contributed by atoms with van der Waals surface area (Å²) in [6.07, 6.45) is 1.68. The predicted octanol–water partition coefficient (Wildman–Crippen LogP) is 3.40. The van der Waals surface area contributed by atoms with Gasteiger partial charge in [0.1, 0.15) is 18.1 Å². The molecule has 1 aliphatic rings. The van der Waals surface area contributed by atoms with Gasteiger partial charge in [-0.1, -0.05) is 12.1 Å². The minimum absolute atomic E-state index is 0.117. The fourth-order valence-corrected chi connectivity index (χ4v) is 4.39. The molecule has 0 aliphatic carbocycles. The smallest absolute Gasteiger partial charge is 0.333 e. The molecule has 148 valence electrons. The van der Waals surface area contributed by atoms with E-state index < -0.39 is 15.8 Å².